The topological polar surface area (TPSA) is 47.6 Å². The monoisotopic (exact) mass is 345 g/mol. The summed E-state index contributed by atoms with van der Waals surface area (Å²) in [5.41, 5.74) is 0.653. The first-order valence-corrected chi connectivity index (χ1v) is 8.07. The van der Waals surface area contributed by atoms with E-state index in [1.165, 1.54) is 0 Å². The predicted octanol–water partition coefficient (Wildman–Crippen LogP) is 4.70. The maximum atomic E-state index is 12.4. The zero-order chi connectivity index (χ0) is 17.4. The number of halogens is 1. The van der Waals surface area contributed by atoms with Crippen LogP contribution in [0.3, 0.4) is 0 Å². The third-order valence-corrected chi connectivity index (χ3v) is 3.48. The van der Waals surface area contributed by atoms with Crippen LogP contribution in [0.2, 0.25) is 5.02 Å². The highest BCUT2D eigenvalue weighted by Crippen LogP contribution is 2.20. The molecule has 0 aliphatic rings. The summed E-state index contributed by atoms with van der Waals surface area (Å²) in [6.45, 7) is 5.91. The van der Waals surface area contributed by atoms with Gasteiger partial charge in [-0.25, -0.2) is 0 Å². The molecule has 2 aromatic carbocycles. The van der Waals surface area contributed by atoms with E-state index in [-0.39, 0.29) is 5.91 Å². The van der Waals surface area contributed by atoms with Crippen LogP contribution in [0.15, 0.2) is 61.2 Å². The third-order valence-electron chi connectivity index (χ3n) is 3.22. The van der Waals surface area contributed by atoms with Gasteiger partial charge in [0.2, 0.25) is 0 Å². The first kappa shape index (κ1) is 17.9. The summed E-state index contributed by atoms with van der Waals surface area (Å²) in [7, 11) is 0. The Morgan fingerprint density at radius 3 is 2.67 bits per heavy atom. The average molecular weight is 346 g/mol. The molecule has 0 heterocycles. The van der Waals surface area contributed by atoms with Gasteiger partial charge in [0.15, 0.2) is 6.10 Å². The zero-order valence-corrected chi connectivity index (χ0v) is 14.3. The molecule has 1 amide bonds. The van der Waals surface area contributed by atoms with Crippen LogP contribution >= 0.6 is 11.6 Å². The summed E-state index contributed by atoms with van der Waals surface area (Å²) in [5.74, 6) is 1.05. The maximum absolute atomic E-state index is 12.4. The van der Waals surface area contributed by atoms with Gasteiger partial charge in [-0.3, -0.25) is 4.79 Å². The lowest BCUT2D eigenvalue weighted by Gasteiger charge is -2.17. The fraction of sp³-hybridized carbons (Fsp3) is 0.211. The molecule has 0 aromatic heterocycles. The fourth-order valence-electron chi connectivity index (χ4n) is 2.04. The molecule has 24 heavy (non-hydrogen) atoms. The van der Waals surface area contributed by atoms with Crippen molar-refractivity contribution in [2.24, 2.45) is 0 Å². The normalized spacial score (nSPS) is 11.4. The largest absolute Gasteiger partial charge is 0.489 e. The van der Waals surface area contributed by atoms with Crippen molar-refractivity contribution in [1.82, 2.24) is 0 Å². The van der Waals surface area contributed by atoms with Gasteiger partial charge in [-0.1, -0.05) is 37.2 Å². The van der Waals surface area contributed by atoms with Crippen LogP contribution in [0, 0.1) is 0 Å². The van der Waals surface area contributed by atoms with Crippen molar-refractivity contribution in [3.63, 3.8) is 0 Å². The van der Waals surface area contributed by atoms with Gasteiger partial charge in [-0.2, -0.15) is 0 Å². The highest BCUT2D eigenvalue weighted by atomic mass is 35.5. The van der Waals surface area contributed by atoms with E-state index in [1.54, 1.807) is 42.5 Å². The molecule has 0 saturated heterocycles. The lowest BCUT2D eigenvalue weighted by Crippen LogP contribution is -2.32. The van der Waals surface area contributed by atoms with Gasteiger partial charge in [-0.05, 0) is 42.8 Å². The zero-order valence-electron chi connectivity index (χ0n) is 13.5. The number of ether oxygens (including phenoxy) is 2. The first-order valence-electron chi connectivity index (χ1n) is 7.69. The van der Waals surface area contributed by atoms with Crippen molar-refractivity contribution in [3.8, 4) is 11.5 Å². The Bertz CT molecular complexity index is 685. The van der Waals surface area contributed by atoms with E-state index < -0.39 is 6.10 Å². The molecular weight excluding hydrogens is 326 g/mol. The fourth-order valence-corrected chi connectivity index (χ4v) is 2.17. The highest BCUT2D eigenvalue weighted by Gasteiger charge is 2.18. The molecule has 2 aromatic rings. The summed E-state index contributed by atoms with van der Waals surface area (Å²) in [5, 5.41) is 3.47. The van der Waals surface area contributed by atoms with Crippen molar-refractivity contribution < 1.29 is 14.3 Å². The molecule has 5 heteroatoms. The van der Waals surface area contributed by atoms with Crippen LogP contribution in [-0.4, -0.2) is 18.6 Å². The van der Waals surface area contributed by atoms with Crippen LogP contribution in [0.1, 0.15) is 13.3 Å². The predicted molar refractivity (Wildman–Crippen MR) is 96.9 cm³/mol. The molecule has 1 N–H and O–H groups in total. The number of rotatable bonds is 8. The van der Waals surface area contributed by atoms with Crippen LogP contribution in [0.5, 0.6) is 11.5 Å². The van der Waals surface area contributed by atoms with Crippen LogP contribution in [-0.2, 0) is 4.79 Å². The molecule has 126 valence electrons. The number of hydrogen-bond donors (Lipinski definition) is 1. The minimum Gasteiger partial charge on any atom is -0.489 e. The lowest BCUT2D eigenvalue weighted by molar-refractivity contribution is -0.122. The van der Waals surface area contributed by atoms with Gasteiger partial charge in [0.1, 0.15) is 18.1 Å². The van der Waals surface area contributed by atoms with Crippen LogP contribution in [0.25, 0.3) is 0 Å². The highest BCUT2D eigenvalue weighted by molar-refractivity contribution is 6.30. The number of nitrogens with one attached hydrogen (secondary N) is 1. The molecular formula is C19H20ClNO3. The van der Waals surface area contributed by atoms with E-state index >= 15 is 0 Å². The van der Waals surface area contributed by atoms with Crippen molar-refractivity contribution in [1.29, 1.82) is 0 Å². The van der Waals surface area contributed by atoms with Crippen molar-refractivity contribution in [2.45, 2.75) is 19.4 Å². The molecule has 0 fully saturated rings. The van der Waals surface area contributed by atoms with E-state index in [1.807, 2.05) is 19.1 Å². The Balaban J connectivity index is 2.00. The van der Waals surface area contributed by atoms with Gasteiger partial charge < -0.3 is 14.8 Å². The Morgan fingerprint density at radius 1 is 1.25 bits per heavy atom. The van der Waals surface area contributed by atoms with E-state index in [2.05, 4.69) is 11.9 Å². The average Bonchev–Trinajstić information content (AvgIpc) is 2.59. The van der Waals surface area contributed by atoms with E-state index in [0.717, 1.165) is 0 Å². The Kier molecular flexibility index (Phi) is 6.70. The molecule has 1 atom stereocenters. The minimum atomic E-state index is -0.594. The Labute approximate surface area is 147 Å². The second kappa shape index (κ2) is 8.99. The Morgan fingerprint density at radius 2 is 2.00 bits per heavy atom. The third kappa shape index (κ3) is 5.32. The SMILES string of the molecule is C=CCOc1cccc(NC(=O)[C@@H](CC)Oc2ccc(Cl)cc2)c1. The van der Waals surface area contributed by atoms with E-state index in [4.69, 9.17) is 21.1 Å². The number of amides is 1. The smallest absolute Gasteiger partial charge is 0.265 e. The molecule has 0 aliphatic carbocycles. The molecule has 0 aliphatic heterocycles. The summed E-state index contributed by atoms with van der Waals surface area (Å²) in [6.07, 6.45) is 1.61. The summed E-state index contributed by atoms with van der Waals surface area (Å²) in [4.78, 5) is 12.4. The maximum Gasteiger partial charge on any atom is 0.265 e. The molecule has 4 nitrogen and oxygen atoms in total. The van der Waals surface area contributed by atoms with Crippen molar-refractivity contribution in [3.05, 3.63) is 66.2 Å². The van der Waals surface area contributed by atoms with Gasteiger partial charge in [0.25, 0.3) is 5.91 Å². The van der Waals surface area contributed by atoms with Crippen molar-refractivity contribution in [2.75, 3.05) is 11.9 Å². The van der Waals surface area contributed by atoms with Gasteiger partial charge >= 0.3 is 0 Å². The number of benzene rings is 2. The Hall–Kier alpha value is -2.46. The second-order valence-corrected chi connectivity index (χ2v) is 5.52. The summed E-state index contributed by atoms with van der Waals surface area (Å²) < 4.78 is 11.2. The molecule has 0 saturated carbocycles. The number of anilines is 1. The molecule has 0 bridgehead atoms. The van der Waals surface area contributed by atoms with Gasteiger partial charge in [0.05, 0.1) is 0 Å². The van der Waals surface area contributed by atoms with Gasteiger partial charge in [0, 0.05) is 16.8 Å². The summed E-state index contributed by atoms with van der Waals surface area (Å²) in [6, 6.07) is 14.1. The molecule has 0 spiro atoms. The minimum absolute atomic E-state index is 0.215. The number of hydrogen-bond acceptors (Lipinski definition) is 3. The van der Waals surface area contributed by atoms with Crippen molar-refractivity contribution >= 4 is 23.2 Å². The lowest BCUT2D eigenvalue weighted by atomic mass is 10.2. The van der Waals surface area contributed by atoms with Gasteiger partial charge in [-0.15, -0.1) is 0 Å². The molecule has 2 rings (SSSR count). The molecule has 0 unspecified atom stereocenters. The number of carbonyl (C=O) groups excluding carboxylic acids is 1. The quantitative estimate of drug-likeness (QED) is 0.705. The standard InChI is InChI=1S/C19H20ClNO3/c1-3-12-23-17-7-5-6-15(13-17)21-19(22)18(4-2)24-16-10-8-14(20)9-11-16/h3,5-11,13,18H,1,4,12H2,2H3,(H,21,22)/t18-/m1/s1. The van der Waals surface area contributed by atoms with E-state index in [0.29, 0.717) is 35.2 Å². The van der Waals surface area contributed by atoms with Crippen LogP contribution in [0.4, 0.5) is 5.69 Å². The summed E-state index contributed by atoms with van der Waals surface area (Å²) >= 11 is 5.85. The van der Waals surface area contributed by atoms with Crippen LogP contribution < -0.4 is 14.8 Å². The second-order valence-electron chi connectivity index (χ2n) is 5.09. The number of carbonyl (C=O) groups is 1. The van der Waals surface area contributed by atoms with E-state index in [9.17, 15) is 4.79 Å². The molecule has 0 radical (unpaired) electrons. The first-order chi connectivity index (χ1) is 11.6.